The van der Waals surface area contributed by atoms with Crippen LogP contribution in [0.4, 0.5) is 0 Å². The number of methoxy groups -OCH3 is 1. The van der Waals surface area contributed by atoms with Gasteiger partial charge in [0.05, 0.1) is 19.6 Å². The zero-order valence-electron chi connectivity index (χ0n) is 10.6. The lowest BCUT2D eigenvalue weighted by Gasteiger charge is -2.12. The van der Waals surface area contributed by atoms with E-state index in [0.717, 1.165) is 11.1 Å². The van der Waals surface area contributed by atoms with Crippen molar-refractivity contribution in [2.75, 3.05) is 7.11 Å². The maximum Gasteiger partial charge on any atom is 0.309 e. The van der Waals surface area contributed by atoms with E-state index in [1.54, 1.807) is 6.92 Å². The van der Waals surface area contributed by atoms with Crippen molar-refractivity contribution in [3.8, 4) is 0 Å². The number of carbonyl (C=O) groups excluding carboxylic acids is 2. The Labute approximate surface area is 106 Å². The first kappa shape index (κ1) is 14.2. The monoisotopic (exact) mass is 250 g/mol. The standard InChI is InChI=1S/C13H18N2O3/c1-9(13(14)17)15-8-11-6-4-3-5-10(11)7-12(16)18-2/h3-6,9,15H,7-8H2,1-2H3,(H2,14,17). The lowest BCUT2D eigenvalue weighted by molar-refractivity contribution is -0.139. The highest BCUT2D eigenvalue weighted by atomic mass is 16.5. The van der Waals surface area contributed by atoms with Crippen LogP contribution in [0.25, 0.3) is 0 Å². The van der Waals surface area contributed by atoms with Gasteiger partial charge in [-0.05, 0) is 18.1 Å². The summed E-state index contributed by atoms with van der Waals surface area (Å²) in [5.41, 5.74) is 7.00. The van der Waals surface area contributed by atoms with Gasteiger partial charge in [-0.2, -0.15) is 0 Å². The van der Waals surface area contributed by atoms with Crippen molar-refractivity contribution in [1.29, 1.82) is 0 Å². The van der Waals surface area contributed by atoms with Crippen LogP contribution in [0.5, 0.6) is 0 Å². The number of amides is 1. The second kappa shape index (κ2) is 6.76. The summed E-state index contributed by atoms with van der Waals surface area (Å²) < 4.78 is 4.64. The van der Waals surface area contributed by atoms with E-state index < -0.39 is 11.9 Å². The molecule has 0 aliphatic heterocycles. The third-order valence-electron chi connectivity index (χ3n) is 2.71. The topological polar surface area (TPSA) is 81.4 Å². The molecule has 0 aromatic heterocycles. The minimum absolute atomic E-state index is 0.222. The summed E-state index contributed by atoms with van der Waals surface area (Å²) in [6.07, 6.45) is 0.222. The third-order valence-corrected chi connectivity index (χ3v) is 2.71. The molecule has 3 N–H and O–H groups in total. The molecule has 98 valence electrons. The number of nitrogens with two attached hydrogens (primary N) is 1. The highest BCUT2D eigenvalue weighted by molar-refractivity contribution is 5.79. The van der Waals surface area contributed by atoms with Crippen molar-refractivity contribution in [1.82, 2.24) is 5.32 Å². The van der Waals surface area contributed by atoms with Crippen molar-refractivity contribution in [3.63, 3.8) is 0 Å². The zero-order valence-corrected chi connectivity index (χ0v) is 10.6. The molecular weight excluding hydrogens is 232 g/mol. The van der Waals surface area contributed by atoms with Gasteiger partial charge in [0.15, 0.2) is 0 Å². The van der Waals surface area contributed by atoms with E-state index in [1.807, 2.05) is 24.3 Å². The molecule has 5 nitrogen and oxygen atoms in total. The number of esters is 1. The average Bonchev–Trinajstić information content (AvgIpc) is 2.37. The van der Waals surface area contributed by atoms with Crippen LogP contribution in [0.2, 0.25) is 0 Å². The van der Waals surface area contributed by atoms with E-state index in [-0.39, 0.29) is 12.4 Å². The quantitative estimate of drug-likeness (QED) is 0.714. The average molecular weight is 250 g/mol. The van der Waals surface area contributed by atoms with Crippen LogP contribution in [0, 0.1) is 0 Å². The summed E-state index contributed by atoms with van der Waals surface area (Å²) in [6, 6.07) is 7.10. The highest BCUT2D eigenvalue weighted by Gasteiger charge is 2.10. The Morgan fingerprint density at radius 1 is 1.33 bits per heavy atom. The van der Waals surface area contributed by atoms with Crippen molar-refractivity contribution in [2.24, 2.45) is 5.73 Å². The fourth-order valence-electron chi connectivity index (χ4n) is 1.49. The first-order valence-electron chi connectivity index (χ1n) is 5.71. The Bertz CT molecular complexity index is 432. The highest BCUT2D eigenvalue weighted by Crippen LogP contribution is 2.10. The Balaban J connectivity index is 2.70. The van der Waals surface area contributed by atoms with Gasteiger partial charge in [0.25, 0.3) is 0 Å². The lowest BCUT2D eigenvalue weighted by atomic mass is 10.0. The van der Waals surface area contributed by atoms with Gasteiger partial charge in [0.2, 0.25) is 5.91 Å². The minimum Gasteiger partial charge on any atom is -0.469 e. The van der Waals surface area contributed by atoms with Crippen LogP contribution < -0.4 is 11.1 Å². The SMILES string of the molecule is COC(=O)Cc1ccccc1CNC(C)C(N)=O. The molecule has 5 heteroatoms. The molecule has 0 saturated heterocycles. The normalized spacial score (nSPS) is 11.9. The largest absolute Gasteiger partial charge is 0.469 e. The van der Waals surface area contributed by atoms with Gasteiger partial charge in [-0.3, -0.25) is 9.59 Å². The number of nitrogens with one attached hydrogen (secondary N) is 1. The van der Waals surface area contributed by atoms with Crippen molar-refractivity contribution in [2.45, 2.75) is 25.9 Å². The molecule has 0 radical (unpaired) electrons. The molecule has 18 heavy (non-hydrogen) atoms. The summed E-state index contributed by atoms with van der Waals surface area (Å²) in [7, 11) is 1.36. The molecule has 0 spiro atoms. The third kappa shape index (κ3) is 4.18. The van der Waals surface area contributed by atoms with Crippen LogP contribution in [0.1, 0.15) is 18.1 Å². The van der Waals surface area contributed by atoms with Crippen LogP contribution in [-0.4, -0.2) is 25.0 Å². The van der Waals surface area contributed by atoms with Gasteiger partial charge in [-0.25, -0.2) is 0 Å². The number of primary amides is 1. The van der Waals surface area contributed by atoms with E-state index in [9.17, 15) is 9.59 Å². The maximum absolute atomic E-state index is 11.3. The van der Waals surface area contributed by atoms with Gasteiger partial charge in [0, 0.05) is 6.54 Å². The number of hydrogen-bond acceptors (Lipinski definition) is 4. The minimum atomic E-state index is -0.406. The predicted octanol–water partition coefficient (Wildman–Crippen LogP) is 0.365. The molecule has 0 heterocycles. The Kier molecular flexibility index (Phi) is 5.32. The van der Waals surface area contributed by atoms with E-state index >= 15 is 0 Å². The molecule has 0 aliphatic carbocycles. The number of benzene rings is 1. The molecule has 1 rings (SSSR count). The second-order valence-corrected chi connectivity index (χ2v) is 4.03. The molecule has 0 fully saturated rings. The summed E-state index contributed by atoms with van der Waals surface area (Å²) in [4.78, 5) is 22.2. The van der Waals surface area contributed by atoms with Crippen molar-refractivity contribution in [3.05, 3.63) is 35.4 Å². The maximum atomic E-state index is 11.3. The van der Waals surface area contributed by atoms with Gasteiger partial charge in [-0.1, -0.05) is 24.3 Å². The van der Waals surface area contributed by atoms with Crippen molar-refractivity contribution < 1.29 is 14.3 Å². The van der Waals surface area contributed by atoms with Crippen LogP contribution in [0.15, 0.2) is 24.3 Å². The zero-order chi connectivity index (χ0) is 13.5. The molecule has 1 atom stereocenters. The van der Waals surface area contributed by atoms with Gasteiger partial charge < -0.3 is 15.8 Å². The van der Waals surface area contributed by atoms with Crippen molar-refractivity contribution >= 4 is 11.9 Å². The summed E-state index contributed by atoms with van der Waals surface area (Å²) in [6.45, 7) is 2.18. The smallest absolute Gasteiger partial charge is 0.309 e. The number of ether oxygens (including phenoxy) is 1. The Hall–Kier alpha value is -1.88. The lowest BCUT2D eigenvalue weighted by Crippen LogP contribution is -2.38. The molecule has 1 aromatic rings. The number of rotatable bonds is 6. The molecule has 1 aromatic carbocycles. The van der Waals surface area contributed by atoms with Gasteiger partial charge >= 0.3 is 5.97 Å². The first-order valence-corrected chi connectivity index (χ1v) is 5.71. The molecular formula is C13H18N2O3. The van der Waals surface area contributed by atoms with E-state index in [2.05, 4.69) is 10.1 Å². The molecule has 0 saturated carbocycles. The van der Waals surface area contributed by atoms with E-state index in [4.69, 9.17) is 5.73 Å². The summed E-state index contributed by atoms with van der Waals surface area (Å²) in [5, 5.41) is 3.00. The number of hydrogen-bond donors (Lipinski definition) is 2. The van der Waals surface area contributed by atoms with Crippen LogP contribution >= 0.6 is 0 Å². The Morgan fingerprint density at radius 3 is 2.50 bits per heavy atom. The van der Waals surface area contributed by atoms with Gasteiger partial charge in [-0.15, -0.1) is 0 Å². The molecule has 1 amide bonds. The summed E-state index contributed by atoms with van der Waals surface area (Å²) >= 11 is 0. The second-order valence-electron chi connectivity index (χ2n) is 4.03. The fraction of sp³-hybridized carbons (Fsp3) is 0.385. The first-order chi connectivity index (χ1) is 8.54. The molecule has 1 unspecified atom stereocenters. The number of carbonyl (C=O) groups is 2. The van der Waals surface area contributed by atoms with E-state index in [1.165, 1.54) is 7.11 Å². The van der Waals surface area contributed by atoms with E-state index in [0.29, 0.717) is 6.54 Å². The predicted molar refractivity (Wildman–Crippen MR) is 67.7 cm³/mol. The Morgan fingerprint density at radius 2 is 1.94 bits per heavy atom. The van der Waals surface area contributed by atoms with Gasteiger partial charge in [0.1, 0.15) is 0 Å². The van der Waals surface area contributed by atoms with Crippen LogP contribution in [-0.2, 0) is 27.3 Å². The molecule has 0 aliphatic rings. The molecule has 0 bridgehead atoms. The fourth-order valence-corrected chi connectivity index (χ4v) is 1.49. The van der Waals surface area contributed by atoms with Crippen LogP contribution in [0.3, 0.4) is 0 Å². The summed E-state index contributed by atoms with van der Waals surface area (Å²) in [5.74, 6) is -0.689.